The summed E-state index contributed by atoms with van der Waals surface area (Å²) in [6.45, 7) is 4.02. The molecule has 0 bridgehead atoms. The first kappa shape index (κ1) is 20.1. The van der Waals surface area contributed by atoms with Crippen molar-refractivity contribution in [2.45, 2.75) is 58.1 Å². The summed E-state index contributed by atoms with van der Waals surface area (Å²) >= 11 is 0. The molecule has 1 saturated carbocycles. The predicted molar refractivity (Wildman–Crippen MR) is 103 cm³/mol. The third-order valence-electron chi connectivity index (χ3n) is 4.39. The Balaban J connectivity index is 1.73. The van der Waals surface area contributed by atoms with Gasteiger partial charge in [0.2, 0.25) is 0 Å². The molecule has 144 valence electrons. The Morgan fingerprint density at radius 1 is 1.23 bits per heavy atom. The second kappa shape index (κ2) is 11.4. The lowest BCUT2D eigenvalue weighted by Gasteiger charge is -2.13. The van der Waals surface area contributed by atoms with Crippen LogP contribution in [0.15, 0.2) is 29.3 Å². The van der Waals surface area contributed by atoms with Crippen LogP contribution in [-0.2, 0) is 16.1 Å². The minimum atomic E-state index is -0.0883. The van der Waals surface area contributed by atoms with Gasteiger partial charge in [-0.1, -0.05) is 18.2 Å². The van der Waals surface area contributed by atoms with Crippen LogP contribution in [0.2, 0.25) is 0 Å². The van der Waals surface area contributed by atoms with E-state index in [0.717, 1.165) is 43.1 Å². The fraction of sp³-hybridized carbons (Fsp3) is 0.600. The van der Waals surface area contributed by atoms with Crippen molar-refractivity contribution in [2.24, 2.45) is 4.99 Å². The van der Waals surface area contributed by atoms with Crippen molar-refractivity contribution < 1.29 is 14.3 Å². The van der Waals surface area contributed by atoms with Crippen LogP contribution >= 0.6 is 0 Å². The normalized spacial score (nSPS) is 14.9. The Morgan fingerprint density at radius 3 is 2.73 bits per heavy atom. The van der Waals surface area contributed by atoms with E-state index in [4.69, 9.17) is 9.47 Å². The van der Waals surface area contributed by atoms with Gasteiger partial charge in [-0.2, -0.15) is 0 Å². The van der Waals surface area contributed by atoms with Gasteiger partial charge in [-0.3, -0.25) is 4.79 Å². The summed E-state index contributed by atoms with van der Waals surface area (Å²) in [5, 5.41) is 6.49. The molecular formula is C20H31N3O3. The van der Waals surface area contributed by atoms with Crippen LogP contribution in [0.5, 0.6) is 5.75 Å². The number of ether oxygens (including phenoxy) is 2. The fourth-order valence-electron chi connectivity index (χ4n) is 3.03. The number of para-hydroxylation sites is 1. The Morgan fingerprint density at radius 2 is 2.00 bits per heavy atom. The number of nitrogens with one attached hydrogen (secondary N) is 2. The van der Waals surface area contributed by atoms with Gasteiger partial charge in [0.15, 0.2) is 5.96 Å². The van der Waals surface area contributed by atoms with E-state index in [1.807, 2.05) is 31.2 Å². The molecule has 0 atom stereocenters. The SMILES string of the molecule is CCNC(=NCc1ccccc1OC)NCCCC(=O)OC1CCCC1. The van der Waals surface area contributed by atoms with E-state index in [9.17, 15) is 4.79 Å². The first-order valence-corrected chi connectivity index (χ1v) is 9.56. The van der Waals surface area contributed by atoms with E-state index in [1.165, 1.54) is 12.8 Å². The highest BCUT2D eigenvalue weighted by atomic mass is 16.5. The molecule has 2 N–H and O–H groups in total. The third-order valence-corrected chi connectivity index (χ3v) is 4.39. The molecule has 1 aliphatic carbocycles. The summed E-state index contributed by atoms with van der Waals surface area (Å²) in [6.07, 6.45) is 5.70. The molecule has 1 aromatic carbocycles. The number of esters is 1. The van der Waals surface area contributed by atoms with Gasteiger partial charge in [0, 0.05) is 25.1 Å². The van der Waals surface area contributed by atoms with Crippen molar-refractivity contribution in [3.8, 4) is 5.75 Å². The molecule has 1 fully saturated rings. The molecule has 0 unspecified atom stereocenters. The highest BCUT2D eigenvalue weighted by Crippen LogP contribution is 2.21. The van der Waals surface area contributed by atoms with Gasteiger partial charge >= 0.3 is 5.97 Å². The summed E-state index contributed by atoms with van der Waals surface area (Å²) in [4.78, 5) is 16.4. The highest BCUT2D eigenvalue weighted by Gasteiger charge is 2.18. The number of methoxy groups -OCH3 is 1. The average Bonchev–Trinajstić information content (AvgIpc) is 3.16. The lowest BCUT2D eigenvalue weighted by Crippen LogP contribution is -2.38. The first-order chi connectivity index (χ1) is 12.7. The zero-order valence-corrected chi connectivity index (χ0v) is 15.9. The highest BCUT2D eigenvalue weighted by molar-refractivity contribution is 5.79. The summed E-state index contributed by atoms with van der Waals surface area (Å²) < 4.78 is 10.8. The van der Waals surface area contributed by atoms with Crippen LogP contribution in [0.3, 0.4) is 0 Å². The molecule has 0 radical (unpaired) electrons. The maximum Gasteiger partial charge on any atom is 0.306 e. The number of carbonyl (C=O) groups is 1. The van der Waals surface area contributed by atoms with Crippen LogP contribution in [-0.4, -0.2) is 38.2 Å². The van der Waals surface area contributed by atoms with Gasteiger partial charge in [0.1, 0.15) is 11.9 Å². The number of aliphatic imine (C=N–C) groups is 1. The van der Waals surface area contributed by atoms with Gasteiger partial charge in [0.25, 0.3) is 0 Å². The lowest BCUT2D eigenvalue weighted by atomic mass is 10.2. The zero-order chi connectivity index (χ0) is 18.6. The molecule has 0 spiro atoms. The van der Waals surface area contributed by atoms with E-state index in [-0.39, 0.29) is 12.1 Å². The van der Waals surface area contributed by atoms with E-state index in [0.29, 0.717) is 19.5 Å². The van der Waals surface area contributed by atoms with E-state index >= 15 is 0 Å². The number of hydrogen-bond donors (Lipinski definition) is 2. The van der Waals surface area contributed by atoms with Gasteiger partial charge in [-0.15, -0.1) is 0 Å². The van der Waals surface area contributed by atoms with Gasteiger partial charge in [0.05, 0.1) is 13.7 Å². The molecule has 6 nitrogen and oxygen atoms in total. The quantitative estimate of drug-likeness (QED) is 0.306. The van der Waals surface area contributed by atoms with Crippen LogP contribution in [0.25, 0.3) is 0 Å². The molecule has 0 aromatic heterocycles. The fourth-order valence-corrected chi connectivity index (χ4v) is 3.03. The van der Waals surface area contributed by atoms with Crippen molar-refractivity contribution in [3.63, 3.8) is 0 Å². The second-order valence-electron chi connectivity index (χ2n) is 6.43. The zero-order valence-electron chi connectivity index (χ0n) is 15.9. The number of rotatable bonds is 9. The van der Waals surface area contributed by atoms with Crippen LogP contribution in [0.1, 0.15) is 51.0 Å². The number of nitrogens with zero attached hydrogens (tertiary/aromatic N) is 1. The summed E-state index contributed by atoms with van der Waals surface area (Å²) in [7, 11) is 1.66. The van der Waals surface area contributed by atoms with Gasteiger partial charge < -0.3 is 20.1 Å². The monoisotopic (exact) mass is 361 g/mol. The second-order valence-corrected chi connectivity index (χ2v) is 6.43. The third kappa shape index (κ3) is 6.94. The first-order valence-electron chi connectivity index (χ1n) is 9.56. The standard InChI is InChI=1S/C20H31N3O3/c1-3-21-20(23-15-16-9-4-7-12-18(16)25-2)22-14-8-13-19(24)26-17-10-5-6-11-17/h4,7,9,12,17H,3,5-6,8,10-11,13-15H2,1-2H3,(H2,21,22,23). The molecule has 0 heterocycles. The summed E-state index contributed by atoms with van der Waals surface area (Å²) in [5.41, 5.74) is 1.03. The van der Waals surface area contributed by atoms with Crippen LogP contribution < -0.4 is 15.4 Å². The number of carbonyl (C=O) groups excluding carboxylic acids is 1. The molecule has 0 aliphatic heterocycles. The molecule has 6 heteroatoms. The lowest BCUT2D eigenvalue weighted by molar-refractivity contribution is -0.148. The molecule has 26 heavy (non-hydrogen) atoms. The maximum atomic E-state index is 11.8. The average molecular weight is 361 g/mol. The van der Waals surface area contributed by atoms with Crippen LogP contribution in [0, 0.1) is 0 Å². The number of benzene rings is 1. The Hall–Kier alpha value is -2.24. The van der Waals surface area contributed by atoms with Gasteiger partial charge in [-0.25, -0.2) is 4.99 Å². The van der Waals surface area contributed by atoms with E-state index < -0.39 is 0 Å². The van der Waals surface area contributed by atoms with Crippen molar-refractivity contribution in [1.29, 1.82) is 0 Å². The van der Waals surface area contributed by atoms with Gasteiger partial charge in [-0.05, 0) is 45.1 Å². The largest absolute Gasteiger partial charge is 0.496 e. The van der Waals surface area contributed by atoms with Crippen molar-refractivity contribution in [1.82, 2.24) is 10.6 Å². The molecule has 1 aliphatic rings. The van der Waals surface area contributed by atoms with Crippen molar-refractivity contribution >= 4 is 11.9 Å². The molecule has 0 saturated heterocycles. The minimum absolute atomic E-state index is 0.0883. The molecule has 0 amide bonds. The summed E-state index contributed by atoms with van der Waals surface area (Å²) in [6, 6.07) is 7.86. The minimum Gasteiger partial charge on any atom is -0.496 e. The summed E-state index contributed by atoms with van der Waals surface area (Å²) in [5.74, 6) is 1.49. The Labute approximate surface area is 156 Å². The smallest absolute Gasteiger partial charge is 0.306 e. The predicted octanol–water partition coefficient (Wildman–Crippen LogP) is 3.02. The molecule has 1 aromatic rings. The van der Waals surface area contributed by atoms with Crippen molar-refractivity contribution in [2.75, 3.05) is 20.2 Å². The number of guanidine groups is 1. The van der Waals surface area contributed by atoms with E-state index in [2.05, 4.69) is 15.6 Å². The van der Waals surface area contributed by atoms with Crippen LogP contribution in [0.4, 0.5) is 0 Å². The molecular weight excluding hydrogens is 330 g/mol. The Bertz CT molecular complexity index is 583. The topological polar surface area (TPSA) is 72.0 Å². The Kier molecular flexibility index (Phi) is 8.79. The van der Waals surface area contributed by atoms with E-state index in [1.54, 1.807) is 7.11 Å². The molecule has 2 rings (SSSR count). The van der Waals surface area contributed by atoms with Crippen molar-refractivity contribution in [3.05, 3.63) is 29.8 Å². The number of hydrogen-bond acceptors (Lipinski definition) is 4. The maximum absolute atomic E-state index is 11.8.